The van der Waals surface area contributed by atoms with Gasteiger partial charge in [0.2, 0.25) is 5.91 Å². The molecular weight excluding hydrogens is 294 g/mol. The van der Waals surface area contributed by atoms with Crippen molar-refractivity contribution in [3.8, 4) is 11.1 Å². The van der Waals surface area contributed by atoms with Gasteiger partial charge < -0.3 is 5.32 Å². The van der Waals surface area contributed by atoms with Crippen molar-refractivity contribution in [2.24, 2.45) is 5.92 Å². The van der Waals surface area contributed by atoms with Crippen LogP contribution >= 0.6 is 11.3 Å². The number of hydrogen-bond acceptors (Lipinski definition) is 3. The van der Waals surface area contributed by atoms with Gasteiger partial charge in [0.05, 0.1) is 5.52 Å². The third kappa shape index (κ3) is 2.41. The number of nitrogens with zero attached hydrogens (tertiary/aromatic N) is 1. The first-order valence-corrected chi connectivity index (χ1v) is 8.57. The number of benzene rings is 1. The molecule has 1 aliphatic carbocycles. The third-order valence-corrected chi connectivity index (χ3v) is 5.07. The molecule has 1 aromatic carbocycles. The fourth-order valence-corrected chi connectivity index (χ4v) is 3.79. The summed E-state index contributed by atoms with van der Waals surface area (Å²) in [6, 6.07) is 8.28. The van der Waals surface area contributed by atoms with E-state index in [1.54, 1.807) is 11.3 Å². The Hall–Kier alpha value is -2.14. The van der Waals surface area contributed by atoms with Crippen LogP contribution in [0.25, 0.3) is 22.0 Å². The van der Waals surface area contributed by atoms with E-state index in [1.807, 2.05) is 6.07 Å². The maximum Gasteiger partial charge on any atom is 0.228 e. The molecular formula is C17H17N3OS. The summed E-state index contributed by atoms with van der Waals surface area (Å²) in [4.78, 5) is 12.2. The molecule has 0 radical (unpaired) electrons. The predicted octanol–water partition coefficient (Wildman–Crippen LogP) is 4.42. The number of thiophene rings is 1. The van der Waals surface area contributed by atoms with Gasteiger partial charge in [0, 0.05) is 11.3 Å². The van der Waals surface area contributed by atoms with Gasteiger partial charge in [-0.3, -0.25) is 9.89 Å². The van der Waals surface area contributed by atoms with Crippen molar-refractivity contribution in [1.29, 1.82) is 0 Å². The number of hydrogen-bond donors (Lipinski definition) is 2. The predicted molar refractivity (Wildman–Crippen MR) is 90.0 cm³/mol. The first-order valence-electron chi connectivity index (χ1n) is 7.63. The summed E-state index contributed by atoms with van der Waals surface area (Å²) in [5.41, 5.74) is 3.31. The summed E-state index contributed by atoms with van der Waals surface area (Å²) in [6.07, 6.45) is 4.31. The molecule has 0 bridgehead atoms. The molecule has 4 nitrogen and oxygen atoms in total. The van der Waals surface area contributed by atoms with E-state index in [4.69, 9.17) is 0 Å². The Balaban J connectivity index is 1.61. The minimum Gasteiger partial charge on any atom is -0.308 e. The van der Waals surface area contributed by atoms with E-state index in [2.05, 4.69) is 44.5 Å². The summed E-state index contributed by atoms with van der Waals surface area (Å²) in [6.45, 7) is 0. The minimum absolute atomic E-state index is 0.104. The molecule has 0 saturated heterocycles. The lowest BCUT2D eigenvalue weighted by molar-refractivity contribution is -0.119. The molecule has 1 fully saturated rings. The van der Waals surface area contributed by atoms with Gasteiger partial charge in [-0.25, -0.2) is 0 Å². The second-order valence-electron chi connectivity index (χ2n) is 5.82. The largest absolute Gasteiger partial charge is 0.308 e. The molecule has 1 amide bonds. The van der Waals surface area contributed by atoms with Gasteiger partial charge in [0.1, 0.15) is 0 Å². The molecule has 0 aliphatic heterocycles. The summed E-state index contributed by atoms with van der Waals surface area (Å²) in [7, 11) is 0. The van der Waals surface area contributed by atoms with Crippen molar-refractivity contribution in [2.75, 3.05) is 5.32 Å². The van der Waals surface area contributed by atoms with Crippen LogP contribution in [0.1, 0.15) is 25.7 Å². The molecule has 22 heavy (non-hydrogen) atoms. The molecule has 2 aromatic heterocycles. The highest BCUT2D eigenvalue weighted by molar-refractivity contribution is 7.08. The second-order valence-corrected chi connectivity index (χ2v) is 6.60. The van der Waals surface area contributed by atoms with Crippen molar-refractivity contribution in [2.45, 2.75) is 25.7 Å². The summed E-state index contributed by atoms with van der Waals surface area (Å²) in [5.74, 6) is 0.897. The summed E-state index contributed by atoms with van der Waals surface area (Å²) in [5, 5.41) is 15.4. The number of anilines is 1. The van der Waals surface area contributed by atoms with Crippen molar-refractivity contribution in [3.63, 3.8) is 0 Å². The lowest BCUT2D eigenvalue weighted by atomic mass is 10.1. The zero-order chi connectivity index (χ0) is 14.9. The molecule has 0 atom stereocenters. The standard InChI is InChI=1S/C17H17N3OS/c21-17(11-3-1-2-4-11)18-16-14-6-5-12(9-15(14)19-20-16)13-7-8-22-10-13/h5-11H,1-4H2,(H2,18,19,20,21). The Bertz CT molecular complexity index is 801. The summed E-state index contributed by atoms with van der Waals surface area (Å²) >= 11 is 1.68. The van der Waals surface area contributed by atoms with E-state index < -0.39 is 0 Å². The number of carbonyl (C=O) groups excluding carboxylic acids is 1. The Labute approximate surface area is 132 Å². The Morgan fingerprint density at radius 3 is 2.86 bits per heavy atom. The normalized spacial score (nSPS) is 15.5. The molecule has 1 saturated carbocycles. The van der Waals surface area contributed by atoms with Gasteiger partial charge in [0.25, 0.3) is 0 Å². The van der Waals surface area contributed by atoms with E-state index in [-0.39, 0.29) is 11.8 Å². The van der Waals surface area contributed by atoms with Gasteiger partial charge in [-0.1, -0.05) is 18.9 Å². The molecule has 1 aliphatic rings. The van der Waals surface area contributed by atoms with Crippen LogP contribution in [0.15, 0.2) is 35.0 Å². The van der Waals surface area contributed by atoms with Crippen molar-refractivity contribution in [3.05, 3.63) is 35.0 Å². The molecule has 2 N–H and O–H groups in total. The number of fused-ring (bicyclic) bond motifs is 1. The number of aromatic amines is 1. The van der Waals surface area contributed by atoms with Crippen LogP contribution in [-0.2, 0) is 4.79 Å². The first kappa shape index (κ1) is 13.5. The van der Waals surface area contributed by atoms with Crippen LogP contribution in [0.3, 0.4) is 0 Å². The highest BCUT2D eigenvalue weighted by atomic mass is 32.1. The number of nitrogens with one attached hydrogen (secondary N) is 2. The maximum absolute atomic E-state index is 12.2. The zero-order valence-corrected chi connectivity index (χ0v) is 13.0. The van der Waals surface area contributed by atoms with Gasteiger partial charge in [-0.05, 0) is 52.9 Å². The van der Waals surface area contributed by atoms with Crippen molar-refractivity contribution in [1.82, 2.24) is 10.2 Å². The highest BCUT2D eigenvalue weighted by Gasteiger charge is 2.23. The number of rotatable bonds is 3. The molecule has 0 unspecified atom stereocenters. The van der Waals surface area contributed by atoms with Gasteiger partial charge in [-0.2, -0.15) is 16.4 Å². The van der Waals surface area contributed by atoms with Crippen molar-refractivity contribution >= 4 is 34.0 Å². The van der Waals surface area contributed by atoms with Crippen LogP contribution in [-0.4, -0.2) is 16.1 Å². The second kappa shape index (κ2) is 5.57. The Morgan fingerprint density at radius 1 is 1.23 bits per heavy atom. The summed E-state index contributed by atoms with van der Waals surface area (Å²) < 4.78 is 0. The first-order chi connectivity index (χ1) is 10.8. The van der Waals surface area contributed by atoms with Gasteiger partial charge in [-0.15, -0.1) is 0 Å². The average molecular weight is 311 g/mol. The van der Waals surface area contributed by atoms with Crippen LogP contribution in [0, 0.1) is 5.92 Å². The van der Waals surface area contributed by atoms with Gasteiger partial charge >= 0.3 is 0 Å². The fraction of sp³-hybridized carbons (Fsp3) is 0.294. The molecule has 112 valence electrons. The quantitative estimate of drug-likeness (QED) is 0.752. The number of H-pyrrole nitrogens is 1. The topological polar surface area (TPSA) is 57.8 Å². The zero-order valence-electron chi connectivity index (χ0n) is 12.1. The Morgan fingerprint density at radius 2 is 2.09 bits per heavy atom. The van der Waals surface area contributed by atoms with E-state index in [0.717, 1.165) is 42.1 Å². The molecule has 4 rings (SSSR count). The number of aromatic nitrogens is 2. The average Bonchev–Trinajstić information content (AvgIpc) is 3.29. The lowest BCUT2D eigenvalue weighted by Gasteiger charge is -2.08. The number of amides is 1. The van der Waals surface area contributed by atoms with Gasteiger partial charge in [0.15, 0.2) is 5.82 Å². The van der Waals surface area contributed by atoms with E-state index in [0.29, 0.717) is 5.82 Å². The van der Waals surface area contributed by atoms with Crippen molar-refractivity contribution < 1.29 is 4.79 Å². The molecule has 5 heteroatoms. The van der Waals surface area contributed by atoms with Crippen LogP contribution < -0.4 is 5.32 Å². The monoisotopic (exact) mass is 311 g/mol. The molecule has 3 aromatic rings. The molecule has 0 spiro atoms. The van der Waals surface area contributed by atoms with E-state index >= 15 is 0 Å². The fourth-order valence-electron chi connectivity index (χ4n) is 3.13. The maximum atomic E-state index is 12.2. The van der Waals surface area contributed by atoms with E-state index in [9.17, 15) is 4.79 Å². The smallest absolute Gasteiger partial charge is 0.228 e. The molecule has 2 heterocycles. The lowest BCUT2D eigenvalue weighted by Crippen LogP contribution is -2.20. The number of carbonyl (C=O) groups is 1. The minimum atomic E-state index is 0.104. The SMILES string of the molecule is O=C(Nc1n[nH]c2cc(-c3ccsc3)ccc12)C1CCCC1. The van der Waals surface area contributed by atoms with Crippen LogP contribution in [0.4, 0.5) is 5.82 Å². The Kier molecular flexibility index (Phi) is 3.42. The van der Waals surface area contributed by atoms with Crippen LogP contribution in [0.5, 0.6) is 0 Å². The van der Waals surface area contributed by atoms with E-state index in [1.165, 1.54) is 5.56 Å². The third-order valence-electron chi connectivity index (χ3n) is 4.38. The van der Waals surface area contributed by atoms with Crippen LogP contribution in [0.2, 0.25) is 0 Å². The highest BCUT2D eigenvalue weighted by Crippen LogP contribution is 2.30.